The van der Waals surface area contributed by atoms with Gasteiger partial charge in [-0.3, -0.25) is 4.79 Å². The number of hydrogen-bond acceptors (Lipinski definition) is 9. The molecular formula is C20H31N3O7. The maximum absolute atomic E-state index is 12.6. The molecule has 1 saturated heterocycles. The molecule has 6 N–H and O–H groups in total. The van der Waals surface area contributed by atoms with Crippen LogP contribution in [0, 0.1) is 5.92 Å². The van der Waals surface area contributed by atoms with Gasteiger partial charge >= 0.3 is 0 Å². The summed E-state index contributed by atoms with van der Waals surface area (Å²) < 4.78 is 17.5. The molecular weight excluding hydrogens is 394 g/mol. The second kappa shape index (κ2) is 8.19. The highest BCUT2D eigenvalue weighted by molar-refractivity contribution is 5.91. The molecule has 0 spiro atoms. The van der Waals surface area contributed by atoms with Crippen molar-refractivity contribution in [2.75, 3.05) is 14.1 Å². The topological polar surface area (TPSA) is 145 Å². The predicted octanol–water partition coefficient (Wildman–Crippen LogP) is -1.44. The van der Waals surface area contributed by atoms with Crippen LogP contribution in [-0.2, 0) is 9.47 Å². The Hall–Kier alpha value is -1.53. The van der Waals surface area contributed by atoms with Gasteiger partial charge in [0.05, 0.1) is 30.5 Å². The van der Waals surface area contributed by atoms with E-state index in [9.17, 15) is 20.1 Å². The van der Waals surface area contributed by atoms with Crippen LogP contribution in [-0.4, -0.2) is 89.8 Å². The monoisotopic (exact) mass is 425 g/mol. The van der Waals surface area contributed by atoms with Crippen molar-refractivity contribution >= 4 is 5.91 Å². The zero-order valence-corrected chi connectivity index (χ0v) is 17.3. The average Bonchev–Trinajstić information content (AvgIpc) is 3.24. The molecule has 30 heavy (non-hydrogen) atoms. The minimum atomic E-state index is -1.81. The van der Waals surface area contributed by atoms with Crippen molar-refractivity contribution < 1.29 is 34.0 Å². The molecule has 1 aliphatic heterocycles. The van der Waals surface area contributed by atoms with Crippen molar-refractivity contribution in [2.24, 2.45) is 5.92 Å². The quantitative estimate of drug-likeness (QED) is 0.342. The van der Waals surface area contributed by atoms with Gasteiger partial charge in [0.25, 0.3) is 5.91 Å². The molecule has 0 radical (unpaired) electrons. The summed E-state index contributed by atoms with van der Waals surface area (Å²) in [6.07, 6.45) is -1.92. The third kappa shape index (κ3) is 3.46. The number of fused-ring (bicyclic) bond motifs is 2. The van der Waals surface area contributed by atoms with Crippen LogP contribution >= 0.6 is 0 Å². The van der Waals surface area contributed by atoms with Gasteiger partial charge in [-0.25, -0.2) is 0 Å². The van der Waals surface area contributed by atoms with Gasteiger partial charge in [0.2, 0.25) is 5.79 Å². The first-order chi connectivity index (χ1) is 14.3. The van der Waals surface area contributed by atoms with Crippen LogP contribution in [0.4, 0.5) is 0 Å². The molecule has 10 heteroatoms. The first-order valence-corrected chi connectivity index (χ1v) is 10.4. The van der Waals surface area contributed by atoms with Crippen LogP contribution in [0.5, 0.6) is 0 Å². The molecule has 3 fully saturated rings. The van der Waals surface area contributed by atoms with E-state index in [2.05, 4.69) is 16.0 Å². The molecule has 2 heterocycles. The van der Waals surface area contributed by atoms with Gasteiger partial charge in [-0.2, -0.15) is 0 Å². The standard InChI is InChI=1S/C20H31N3O7/c1-9-7-11(23-19(26)10-5-4-6-28-10)20(27)12(8-9)29-18-16(25)13(21-2)15(24)14(22-3)17(18)30-20/h4-6,9,11-18,21-22,24-25,27H,7-8H2,1-3H3,(H,23,26)/t9-,11-,12-,13-,14+,15+,16+,17-,18-,20+/m1/s1. The molecule has 2 aliphatic carbocycles. The summed E-state index contributed by atoms with van der Waals surface area (Å²) in [5.74, 6) is -1.99. The number of likely N-dealkylation sites (N-methyl/N-ethyl adjacent to an activating group) is 2. The summed E-state index contributed by atoms with van der Waals surface area (Å²) in [4.78, 5) is 12.6. The largest absolute Gasteiger partial charge is 0.459 e. The van der Waals surface area contributed by atoms with E-state index < -0.39 is 60.3 Å². The van der Waals surface area contributed by atoms with E-state index in [1.807, 2.05) is 6.92 Å². The number of amides is 1. The highest BCUT2D eigenvalue weighted by atomic mass is 16.7. The van der Waals surface area contributed by atoms with Crippen LogP contribution in [0.2, 0.25) is 0 Å². The van der Waals surface area contributed by atoms with Gasteiger partial charge in [0.1, 0.15) is 24.4 Å². The number of ether oxygens (including phenoxy) is 2. The molecule has 10 atom stereocenters. The molecule has 2 saturated carbocycles. The van der Waals surface area contributed by atoms with Crippen molar-refractivity contribution in [3.8, 4) is 0 Å². The smallest absolute Gasteiger partial charge is 0.287 e. The zero-order valence-electron chi connectivity index (χ0n) is 17.3. The van der Waals surface area contributed by atoms with E-state index in [0.717, 1.165) is 0 Å². The number of carbonyl (C=O) groups is 1. The number of hydrogen-bond donors (Lipinski definition) is 6. The van der Waals surface area contributed by atoms with Crippen LogP contribution in [0.15, 0.2) is 22.8 Å². The maximum atomic E-state index is 12.6. The minimum Gasteiger partial charge on any atom is -0.459 e. The average molecular weight is 425 g/mol. The van der Waals surface area contributed by atoms with Crippen LogP contribution in [0.25, 0.3) is 0 Å². The molecule has 3 aliphatic rings. The second-order valence-electron chi connectivity index (χ2n) is 8.61. The summed E-state index contributed by atoms with van der Waals surface area (Å²) >= 11 is 0. The fourth-order valence-electron chi connectivity index (χ4n) is 5.14. The lowest BCUT2D eigenvalue weighted by Gasteiger charge is -2.58. The molecule has 1 amide bonds. The third-order valence-corrected chi connectivity index (χ3v) is 6.70. The lowest BCUT2D eigenvalue weighted by Crippen LogP contribution is -2.78. The number of aliphatic hydroxyl groups excluding tert-OH is 2. The van der Waals surface area contributed by atoms with E-state index >= 15 is 0 Å². The third-order valence-electron chi connectivity index (χ3n) is 6.70. The SMILES string of the molecule is CN[C@@H]1[C@H](O)[C@H](NC)[C@H]2O[C@@]3(O)[C@H](NC(=O)c4ccco4)C[C@@H](C)C[C@H]3O[C@@H]2[C@H]1O. The van der Waals surface area contributed by atoms with Crippen molar-refractivity contribution in [3.63, 3.8) is 0 Å². The normalized spacial score (nSPS) is 46.0. The number of nitrogens with one attached hydrogen (secondary N) is 3. The Morgan fingerprint density at radius 2 is 1.87 bits per heavy atom. The van der Waals surface area contributed by atoms with Crippen LogP contribution < -0.4 is 16.0 Å². The Morgan fingerprint density at radius 1 is 1.13 bits per heavy atom. The molecule has 0 bridgehead atoms. The van der Waals surface area contributed by atoms with E-state index in [1.165, 1.54) is 6.26 Å². The second-order valence-corrected chi connectivity index (χ2v) is 8.61. The number of rotatable bonds is 4. The Kier molecular flexibility index (Phi) is 5.92. The maximum Gasteiger partial charge on any atom is 0.287 e. The molecule has 4 rings (SSSR count). The first-order valence-electron chi connectivity index (χ1n) is 10.4. The predicted molar refractivity (Wildman–Crippen MR) is 105 cm³/mol. The molecule has 10 nitrogen and oxygen atoms in total. The van der Waals surface area contributed by atoms with E-state index in [1.54, 1.807) is 26.2 Å². The molecule has 0 aromatic carbocycles. The van der Waals surface area contributed by atoms with Gasteiger partial charge < -0.3 is 45.2 Å². The zero-order chi connectivity index (χ0) is 21.6. The number of furan rings is 1. The molecule has 0 unspecified atom stereocenters. The fourth-order valence-corrected chi connectivity index (χ4v) is 5.14. The first kappa shape index (κ1) is 21.7. The molecule has 1 aromatic heterocycles. The van der Waals surface area contributed by atoms with Crippen LogP contribution in [0.1, 0.15) is 30.3 Å². The lowest BCUT2D eigenvalue weighted by atomic mass is 9.75. The Morgan fingerprint density at radius 3 is 2.50 bits per heavy atom. The van der Waals surface area contributed by atoms with Crippen LogP contribution in [0.3, 0.4) is 0 Å². The Bertz CT molecular complexity index is 747. The van der Waals surface area contributed by atoms with Crippen molar-refractivity contribution in [2.45, 2.75) is 74.2 Å². The summed E-state index contributed by atoms with van der Waals surface area (Å²) in [6, 6.07) is 1.19. The van der Waals surface area contributed by atoms with E-state index in [0.29, 0.717) is 12.8 Å². The van der Waals surface area contributed by atoms with Gasteiger partial charge in [-0.05, 0) is 45.0 Å². The van der Waals surface area contributed by atoms with Gasteiger partial charge in [-0.1, -0.05) is 6.92 Å². The lowest BCUT2D eigenvalue weighted by molar-refractivity contribution is -0.392. The van der Waals surface area contributed by atoms with Gasteiger partial charge in [-0.15, -0.1) is 0 Å². The summed E-state index contributed by atoms with van der Waals surface area (Å²) in [5.41, 5.74) is 0. The number of aliphatic hydroxyl groups is 3. The van der Waals surface area contributed by atoms with E-state index in [-0.39, 0.29) is 11.7 Å². The summed E-state index contributed by atoms with van der Waals surface area (Å²) in [6.45, 7) is 2.01. The van der Waals surface area contributed by atoms with Gasteiger partial charge in [0.15, 0.2) is 5.76 Å². The van der Waals surface area contributed by atoms with Crippen molar-refractivity contribution in [3.05, 3.63) is 24.2 Å². The number of carbonyl (C=O) groups excluding carboxylic acids is 1. The molecule has 1 aromatic rings. The highest BCUT2D eigenvalue weighted by Gasteiger charge is 2.62. The van der Waals surface area contributed by atoms with Gasteiger partial charge in [0, 0.05) is 0 Å². The summed E-state index contributed by atoms with van der Waals surface area (Å²) in [5, 5.41) is 41.9. The van der Waals surface area contributed by atoms with Crippen molar-refractivity contribution in [1.29, 1.82) is 0 Å². The Balaban J connectivity index is 1.62. The fraction of sp³-hybridized carbons (Fsp3) is 0.750. The Labute approximate surface area is 174 Å². The molecule has 168 valence electrons. The van der Waals surface area contributed by atoms with Crippen molar-refractivity contribution in [1.82, 2.24) is 16.0 Å². The summed E-state index contributed by atoms with van der Waals surface area (Å²) in [7, 11) is 3.33. The highest BCUT2D eigenvalue weighted by Crippen LogP contribution is 2.44. The van der Waals surface area contributed by atoms with E-state index in [4.69, 9.17) is 13.9 Å². The minimum absolute atomic E-state index is 0.136.